The van der Waals surface area contributed by atoms with Crippen LogP contribution < -0.4 is 10.1 Å². The molecule has 0 saturated carbocycles. The summed E-state index contributed by atoms with van der Waals surface area (Å²) in [5.74, 6) is -0.172. The van der Waals surface area contributed by atoms with Crippen LogP contribution in [0.3, 0.4) is 0 Å². The average molecular weight is 315 g/mol. The predicted molar refractivity (Wildman–Crippen MR) is 87.7 cm³/mol. The van der Waals surface area contributed by atoms with Gasteiger partial charge in [0.05, 0.1) is 5.69 Å². The van der Waals surface area contributed by atoms with Gasteiger partial charge >= 0.3 is 0 Å². The summed E-state index contributed by atoms with van der Waals surface area (Å²) in [6.07, 6.45) is 2.99. The molecule has 0 heterocycles. The third-order valence-corrected chi connectivity index (χ3v) is 3.03. The van der Waals surface area contributed by atoms with Crippen LogP contribution in [0.1, 0.15) is 11.1 Å². The molecule has 0 unspecified atom stereocenters. The van der Waals surface area contributed by atoms with Crippen molar-refractivity contribution in [2.75, 3.05) is 19.2 Å². The number of hydrogen-bond donors (Lipinski definition) is 1. The van der Waals surface area contributed by atoms with Gasteiger partial charge in [0.1, 0.15) is 11.6 Å². The van der Waals surface area contributed by atoms with E-state index in [2.05, 4.69) is 5.32 Å². The molecule has 5 heteroatoms. The van der Waals surface area contributed by atoms with Crippen LogP contribution in [0.25, 0.3) is 6.08 Å². The number of amides is 1. The van der Waals surface area contributed by atoms with Crippen LogP contribution in [0.15, 0.2) is 48.5 Å². The van der Waals surface area contributed by atoms with E-state index in [1.807, 2.05) is 0 Å². The number of methoxy groups -OCH3 is 1. The van der Waals surface area contributed by atoms with Crippen LogP contribution in [0.4, 0.5) is 10.1 Å². The van der Waals surface area contributed by atoms with Crippen molar-refractivity contribution in [1.29, 1.82) is 0 Å². The van der Waals surface area contributed by atoms with Crippen LogP contribution in [-0.2, 0) is 9.53 Å². The molecule has 1 N–H and O–H groups in total. The Morgan fingerprint density at radius 1 is 1.22 bits per heavy atom. The second-order valence-corrected chi connectivity index (χ2v) is 4.93. The number of anilines is 1. The summed E-state index contributed by atoms with van der Waals surface area (Å²) >= 11 is 0. The minimum atomic E-state index is -0.452. The highest BCUT2D eigenvalue weighted by atomic mass is 19.1. The van der Waals surface area contributed by atoms with Crippen LogP contribution in [-0.4, -0.2) is 19.8 Å². The average Bonchev–Trinajstić information content (AvgIpc) is 2.54. The highest BCUT2D eigenvalue weighted by molar-refractivity contribution is 6.02. The Labute approximate surface area is 134 Å². The van der Waals surface area contributed by atoms with Gasteiger partial charge < -0.3 is 14.8 Å². The number of carbonyl (C=O) groups is 1. The van der Waals surface area contributed by atoms with Crippen molar-refractivity contribution >= 4 is 17.7 Å². The molecule has 4 nitrogen and oxygen atoms in total. The summed E-state index contributed by atoms with van der Waals surface area (Å²) in [7, 11) is 1.55. The minimum absolute atomic E-state index is 0.161. The highest BCUT2D eigenvalue weighted by Crippen LogP contribution is 2.16. The number of carbonyl (C=O) groups excluding carboxylic acids is 1. The van der Waals surface area contributed by atoms with Gasteiger partial charge in [0.2, 0.25) is 5.91 Å². The first-order chi connectivity index (χ1) is 11.1. The first kappa shape index (κ1) is 16.7. The van der Waals surface area contributed by atoms with Gasteiger partial charge in [-0.3, -0.25) is 4.79 Å². The van der Waals surface area contributed by atoms with Crippen LogP contribution >= 0.6 is 0 Å². The second kappa shape index (κ2) is 8.10. The second-order valence-electron chi connectivity index (χ2n) is 4.93. The summed E-state index contributed by atoms with van der Waals surface area (Å²) in [6, 6.07) is 11.8. The fraction of sp³-hybridized carbons (Fsp3) is 0.167. The van der Waals surface area contributed by atoms with E-state index in [1.54, 1.807) is 56.5 Å². The van der Waals surface area contributed by atoms with E-state index in [0.717, 1.165) is 11.1 Å². The summed E-state index contributed by atoms with van der Waals surface area (Å²) < 4.78 is 23.7. The molecule has 0 spiro atoms. The zero-order valence-corrected chi connectivity index (χ0v) is 13.0. The Morgan fingerprint density at radius 3 is 2.61 bits per heavy atom. The minimum Gasteiger partial charge on any atom is -0.468 e. The van der Waals surface area contributed by atoms with Gasteiger partial charge in [-0.25, -0.2) is 4.39 Å². The molecule has 0 aliphatic rings. The molecule has 0 radical (unpaired) electrons. The van der Waals surface area contributed by atoms with Gasteiger partial charge in [0, 0.05) is 13.2 Å². The molecule has 0 aliphatic carbocycles. The largest absolute Gasteiger partial charge is 0.468 e. The van der Waals surface area contributed by atoms with Gasteiger partial charge in [0.25, 0.3) is 0 Å². The molecule has 23 heavy (non-hydrogen) atoms. The molecular formula is C18H18FNO3. The van der Waals surface area contributed by atoms with Crippen LogP contribution in [0.5, 0.6) is 5.75 Å². The standard InChI is InChI=1S/C18H18FNO3/c1-13-3-9-17(16(19)11-13)20-18(21)10-6-14-4-7-15(8-5-14)23-12-22-2/h3-11H,12H2,1-2H3,(H,20,21)/b10-6+. The summed E-state index contributed by atoms with van der Waals surface area (Å²) in [6.45, 7) is 1.97. The molecule has 0 bridgehead atoms. The molecule has 120 valence electrons. The number of halogens is 1. The molecule has 2 aromatic carbocycles. The molecular weight excluding hydrogens is 297 g/mol. The maximum atomic E-state index is 13.7. The van der Waals surface area contributed by atoms with Gasteiger partial charge in [0.15, 0.2) is 6.79 Å². The van der Waals surface area contributed by atoms with Crippen molar-refractivity contribution in [2.45, 2.75) is 6.92 Å². The van der Waals surface area contributed by atoms with Crippen molar-refractivity contribution in [1.82, 2.24) is 0 Å². The molecule has 0 fully saturated rings. The number of rotatable bonds is 6. The van der Waals surface area contributed by atoms with Gasteiger partial charge in [-0.05, 0) is 48.4 Å². The Balaban J connectivity index is 1.95. The maximum Gasteiger partial charge on any atom is 0.248 e. The van der Waals surface area contributed by atoms with E-state index >= 15 is 0 Å². The zero-order chi connectivity index (χ0) is 16.7. The van der Waals surface area contributed by atoms with Gasteiger partial charge in [-0.2, -0.15) is 0 Å². The Hall–Kier alpha value is -2.66. The Bertz CT molecular complexity index is 696. The summed E-state index contributed by atoms with van der Waals surface area (Å²) in [5.41, 5.74) is 1.79. The lowest BCUT2D eigenvalue weighted by molar-refractivity contribution is -0.111. The number of hydrogen-bond acceptors (Lipinski definition) is 3. The predicted octanol–water partition coefficient (Wildman–Crippen LogP) is 3.77. The van der Waals surface area contributed by atoms with Crippen LogP contribution in [0, 0.1) is 12.7 Å². The molecule has 0 aromatic heterocycles. The quantitative estimate of drug-likeness (QED) is 0.652. The highest BCUT2D eigenvalue weighted by Gasteiger charge is 2.04. The van der Waals surface area contributed by atoms with Gasteiger partial charge in [-0.1, -0.05) is 18.2 Å². The lowest BCUT2D eigenvalue weighted by Crippen LogP contribution is -2.09. The van der Waals surface area contributed by atoms with E-state index in [9.17, 15) is 9.18 Å². The van der Waals surface area contributed by atoms with Crippen molar-refractivity contribution in [2.24, 2.45) is 0 Å². The van der Waals surface area contributed by atoms with E-state index in [-0.39, 0.29) is 12.5 Å². The van der Waals surface area contributed by atoms with Crippen molar-refractivity contribution in [3.63, 3.8) is 0 Å². The molecule has 2 rings (SSSR count). The number of benzene rings is 2. The van der Waals surface area contributed by atoms with Crippen molar-refractivity contribution < 1.29 is 18.7 Å². The normalized spacial score (nSPS) is 10.7. The lowest BCUT2D eigenvalue weighted by Gasteiger charge is -2.05. The van der Waals surface area contributed by atoms with Crippen LogP contribution in [0.2, 0.25) is 0 Å². The van der Waals surface area contributed by atoms with E-state index in [4.69, 9.17) is 9.47 Å². The first-order valence-corrected chi connectivity index (χ1v) is 7.05. The maximum absolute atomic E-state index is 13.7. The molecule has 1 amide bonds. The fourth-order valence-corrected chi connectivity index (χ4v) is 1.87. The number of nitrogens with one attached hydrogen (secondary N) is 1. The van der Waals surface area contributed by atoms with Crippen molar-refractivity contribution in [3.8, 4) is 5.75 Å². The summed E-state index contributed by atoms with van der Waals surface area (Å²) in [4.78, 5) is 11.8. The Morgan fingerprint density at radius 2 is 1.96 bits per heavy atom. The first-order valence-electron chi connectivity index (χ1n) is 7.05. The Kier molecular flexibility index (Phi) is 5.88. The van der Waals surface area contributed by atoms with E-state index in [0.29, 0.717) is 5.75 Å². The molecule has 0 saturated heterocycles. The third-order valence-electron chi connectivity index (χ3n) is 3.03. The summed E-state index contributed by atoms with van der Waals surface area (Å²) in [5, 5.41) is 2.50. The molecule has 2 aromatic rings. The van der Waals surface area contributed by atoms with E-state index < -0.39 is 11.7 Å². The third kappa shape index (κ3) is 5.23. The molecule has 0 atom stereocenters. The fourth-order valence-electron chi connectivity index (χ4n) is 1.87. The number of ether oxygens (including phenoxy) is 2. The SMILES string of the molecule is COCOc1ccc(/C=C/C(=O)Nc2ccc(C)cc2F)cc1. The van der Waals surface area contributed by atoms with E-state index in [1.165, 1.54) is 12.1 Å². The smallest absolute Gasteiger partial charge is 0.248 e. The number of aryl methyl sites for hydroxylation is 1. The topological polar surface area (TPSA) is 47.6 Å². The molecule has 0 aliphatic heterocycles. The van der Waals surface area contributed by atoms with Crippen molar-refractivity contribution in [3.05, 3.63) is 65.5 Å². The van der Waals surface area contributed by atoms with Gasteiger partial charge in [-0.15, -0.1) is 0 Å². The monoisotopic (exact) mass is 315 g/mol. The zero-order valence-electron chi connectivity index (χ0n) is 13.0. The lowest BCUT2D eigenvalue weighted by atomic mass is 10.2.